The minimum Gasteiger partial charge on any atom is -0.336 e. The van der Waals surface area contributed by atoms with Crippen molar-refractivity contribution in [1.29, 1.82) is 5.26 Å². The Morgan fingerprint density at radius 3 is 2.32 bits per heavy atom. The number of benzene rings is 1. The lowest BCUT2D eigenvalue weighted by atomic mass is 10.2. The highest BCUT2D eigenvalue weighted by molar-refractivity contribution is 7.89. The lowest BCUT2D eigenvalue weighted by Gasteiger charge is -2.33. The first kappa shape index (κ1) is 17.1. The van der Waals surface area contributed by atoms with Gasteiger partial charge in [0.25, 0.3) is 5.91 Å². The SMILES string of the molecule is Cn1cc(C(=O)N2CCN(S(=O)(=O)c3ccc(C#N)cc3)CC2)cn1. The van der Waals surface area contributed by atoms with Crippen LogP contribution in [0.25, 0.3) is 0 Å². The molecule has 0 bridgehead atoms. The van der Waals surface area contributed by atoms with E-state index in [1.807, 2.05) is 6.07 Å². The molecule has 2 aromatic rings. The van der Waals surface area contributed by atoms with Crippen molar-refractivity contribution in [2.75, 3.05) is 26.2 Å². The van der Waals surface area contributed by atoms with Gasteiger partial charge >= 0.3 is 0 Å². The molecule has 1 aromatic heterocycles. The Morgan fingerprint density at radius 2 is 1.80 bits per heavy atom. The zero-order chi connectivity index (χ0) is 18.0. The zero-order valence-electron chi connectivity index (χ0n) is 13.7. The number of piperazine rings is 1. The maximum atomic E-state index is 12.7. The summed E-state index contributed by atoms with van der Waals surface area (Å²) >= 11 is 0. The van der Waals surface area contributed by atoms with Gasteiger partial charge in [0.2, 0.25) is 10.0 Å². The van der Waals surface area contributed by atoms with Gasteiger partial charge in [-0.25, -0.2) is 8.42 Å². The maximum Gasteiger partial charge on any atom is 0.257 e. The van der Waals surface area contributed by atoms with Crippen LogP contribution in [0.2, 0.25) is 0 Å². The smallest absolute Gasteiger partial charge is 0.257 e. The van der Waals surface area contributed by atoms with Crippen molar-refractivity contribution in [3.05, 3.63) is 47.8 Å². The number of rotatable bonds is 3. The third-order valence-electron chi connectivity index (χ3n) is 4.10. The van der Waals surface area contributed by atoms with Crippen LogP contribution in [0.3, 0.4) is 0 Å². The molecule has 9 heteroatoms. The molecule has 0 N–H and O–H groups in total. The number of amides is 1. The summed E-state index contributed by atoms with van der Waals surface area (Å²) in [6, 6.07) is 7.79. The van der Waals surface area contributed by atoms with Gasteiger partial charge in [0, 0.05) is 39.4 Å². The topological polar surface area (TPSA) is 99.3 Å². The molecule has 0 unspecified atom stereocenters. The normalized spacial score (nSPS) is 15.8. The lowest BCUT2D eigenvalue weighted by Crippen LogP contribution is -2.50. The third kappa shape index (κ3) is 3.40. The van der Waals surface area contributed by atoms with E-state index in [4.69, 9.17) is 5.26 Å². The molecular weight excluding hydrogens is 342 g/mol. The Kier molecular flexibility index (Phi) is 4.57. The molecule has 8 nitrogen and oxygen atoms in total. The summed E-state index contributed by atoms with van der Waals surface area (Å²) in [7, 11) is -1.89. The van der Waals surface area contributed by atoms with Gasteiger partial charge in [-0.3, -0.25) is 9.48 Å². The molecule has 3 rings (SSSR count). The molecule has 0 atom stereocenters. The predicted octanol–water partition coefficient (Wildman–Crippen LogP) is 0.438. The number of nitrogens with zero attached hydrogens (tertiary/aromatic N) is 5. The minimum atomic E-state index is -3.63. The third-order valence-corrected chi connectivity index (χ3v) is 6.01. The number of aromatic nitrogens is 2. The summed E-state index contributed by atoms with van der Waals surface area (Å²) in [6.07, 6.45) is 3.14. The number of sulfonamides is 1. The van der Waals surface area contributed by atoms with Gasteiger partial charge < -0.3 is 4.90 Å². The van der Waals surface area contributed by atoms with Crippen LogP contribution in [0.5, 0.6) is 0 Å². The van der Waals surface area contributed by atoms with Crippen LogP contribution in [-0.2, 0) is 17.1 Å². The molecule has 1 aliphatic rings. The van der Waals surface area contributed by atoms with E-state index in [1.165, 1.54) is 34.8 Å². The summed E-state index contributed by atoms with van der Waals surface area (Å²) in [6.45, 7) is 1.11. The molecule has 1 saturated heterocycles. The molecule has 1 aliphatic heterocycles. The van der Waals surface area contributed by atoms with Crippen LogP contribution >= 0.6 is 0 Å². The molecular formula is C16H17N5O3S. The Balaban J connectivity index is 1.68. The van der Waals surface area contributed by atoms with Crippen molar-refractivity contribution in [2.45, 2.75) is 4.90 Å². The summed E-state index contributed by atoms with van der Waals surface area (Å²) in [5.74, 6) is -0.150. The van der Waals surface area contributed by atoms with Gasteiger partial charge in [-0.1, -0.05) is 0 Å². The van der Waals surface area contributed by atoms with E-state index in [1.54, 1.807) is 22.8 Å². The standard InChI is InChI=1S/C16H17N5O3S/c1-19-12-14(11-18-19)16(22)20-6-8-21(9-7-20)25(23,24)15-4-2-13(10-17)3-5-15/h2-5,11-12H,6-9H2,1H3. The Labute approximate surface area is 145 Å². The predicted molar refractivity (Wildman–Crippen MR) is 89.0 cm³/mol. The average Bonchev–Trinajstić information content (AvgIpc) is 3.07. The van der Waals surface area contributed by atoms with Crippen molar-refractivity contribution in [1.82, 2.24) is 19.0 Å². The van der Waals surface area contributed by atoms with E-state index in [2.05, 4.69) is 5.10 Å². The number of nitriles is 1. The molecule has 0 saturated carbocycles. The Bertz CT molecular complexity index is 919. The second-order valence-corrected chi connectivity index (χ2v) is 7.67. The first-order valence-electron chi connectivity index (χ1n) is 7.70. The molecule has 1 aromatic carbocycles. The van der Waals surface area contributed by atoms with E-state index in [9.17, 15) is 13.2 Å². The average molecular weight is 359 g/mol. The van der Waals surface area contributed by atoms with Crippen molar-refractivity contribution in [2.24, 2.45) is 7.05 Å². The molecule has 2 heterocycles. The summed E-state index contributed by atoms with van der Waals surface area (Å²) < 4.78 is 28.2. The molecule has 130 valence electrons. The van der Waals surface area contributed by atoms with E-state index in [0.29, 0.717) is 24.2 Å². The van der Waals surface area contributed by atoms with E-state index < -0.39 is 10.0 Å². The molecule has 0 radical (unpaired) electrons. The van der Waals surface area contributed by atoms with Crippen LogP contribution in [0.4, 0.5) is 0 Å². The fourth-order valence-corrected chi connectivity index (χ4v) is 4.12. The molecule has 25 heavy (non-hydrogen) atoms. The van der Waals surface area contributed by atoms with Gasteiger partial charge in [-0.05, 0) is 24.3 Å². The summed E-state index contributed by atoms with van der Waals surface area (Å²) in [4.78, 5) is 14.2. The zero-order valence-corrected chi connectivity index (χ0v) is 14.5. The van der Waals surface area contributed by atoms with Gasteiger partial charge in [-0.2, -0.15) is 14.7 Å². The first-order valence-corrected chi connectivity index (χ1v) is 9.14. The minimum absolute atomic E-state index is 0.150. The highest BCUT2D eigenvalue weighted by Gasteiger charge is 2.30. The summed E-state index contributed by atoms with van der Waals surface area (Å²) in [5.41, 5.74) is 0.900. The van der Waals surface area contributed by atoms with Gasteiger partial charge in [-0.15, -0.1) is 0 Å². The number of aryl methyl sites for hydroxylation is 1. The molecule has 1 fully saturated rings. The first-order chi connectivity index (χ1) is 11.9. The molecule has 1 amide bonds. The van der Waals surface area contributed by atoms with Crippen molar-refractivity contribution in [3.63, 3.8) is 0 Å². The van der Waals surface area contributed by atoms with Gasteiger partial charge in [0.05, 0.1) is 28.3 Å². The molecule has 0 aliphatic carbocycles. The Morgan fingerprint density at radius 1 is 1.16 bits per heavy atom. The van der Waals surface area contributed by atoms with E-state index >= 15 is 0 Å². The number of hydrogen-bond donors (Lipinski definition) is 0. The monoisotopic (exact) mass is 359 g/mol. The van der Waals surface area contributed by atoms with E-state index in [0.717, 1.165) is 0 Å². The van der Waals surface area contributed by atoms with Gasteiger partial charge in [0.1, 0.15) is 0 Å². The van der Waals surface area contributed by atoms with Crippen LogP contribution < -0.4 is 0 Å². The summed E-state index contributed by atoms with van der Waals surface area (Å²) in [5, 5.41) is 12.8. The van der Waals surface area contributed by atoms with Crippen LogP contribution in [0.15, 0.2) is 41.6 Å². The number of carbonyl (C=O) groups is 1. The highest BCUT2D eigenvalue weighted by Crippen LogP contribution is 2.19. The van der Waals surface area contributed by atoms with Crippen LogP contribution in [0.1, 0.15) is 15.9 Å². The van der Waals surface area contributed by atoms with E-state index in [-0.39, 0.29) is 23.9 Å². The fourth-order valence-electron chi connectivity index (χ4n) is 2.70. The number of hydrogen-bond acceptors (Lipinski definition) is 5. The lowest BCUT2D eigenvalue weighted by molar-refractivity contribution is 0.0698. The second-order valence-electron chi connectivity index (χ2n) is 5.74. The highest BCUT2D eigenvalue weighted by atomic mass is 32.2. The van der Waals surface area contributed by atoms with Crippen LogP contribution in [0, 0.1) is 11.3 Å². The fraction of sp³-hybridized carbons (Fsp3) is 0.312. The Hall–Kier alpha value is -2.70. The van der Waals surface area contributed by atoms with Crippen LogP contribution in [-0.4, -0.2) is 59.5 Å². The maximum absolute atomic E-state index is 12.7. The van der Waals surface area contributed by atoms with Crippen molar-refractivity contribution in [3.8, 4) is 6.07 Å². The van der Waals surface area contributed by atoms with Gasteiger partial charge in [0.15, 0.2) is 0 Å². The van der Waals surface area contributed by atoms with Crippen molar-refractivity contribution < 1.29 is 13.2 Å². The number of carbonyl (C=O) groups excluding carboxylic acids is 1. The quantitative estimate of drug-likeness (QED) is 0.792. The van der Waals surface area contributed by atoms with Crippen molar-refractivity contribution >= 4 is 15.9 Å². The molecule has 0 spiro atoms. The second kappa shape index (κ2) is 6.66. The largest absolute Gasteiger partial charge is 0.336 e.